The van der Waals surface area contributed by atoms with Crippen LogP contribution in [-0.2, 0) is 9.59 Å². The topological polar surface area (TPSA) is 66.4 Å². The predicted octanol–water partition coefficient (Wildman–Crippen LogP) is 1.56. The van der Waals surface area contributed by atoms with Crippen LogP contribution in [0, 0.1) is 11.8 Å². The number of aliphatic carboxylic acids is 1. The molecule has 0 radical (unpaired) electrons. The van der Waals surface area contributed by atoms with Gasteiger partial charge in [0, 0.05) is 5.92 Å². The summed E-state index contributed by atoms with van der Waals surface area (Å²) in [5.41, 5.74) is 0. The number of halogens is 3. The number of alkyl halides is 3. The van der Waals surface area contributed by atoms with Gasteiger partial charge in [-0.25, -0.2) is 0 Å². The van der Waals surface area contributed by atoms with Gasteiger partial charge in [-0.1, -0.05) is 12.8 Å². The van der Waals surface area contributed by atoms with Crippen molar-refractivity contribution in [2.24, 2.45) is 11.8 Å². The van der Waals surface area contributed by atoms with Crippen molar-refractivity contribution in [2.45, 2.75) is 31.9 Å². The third-order valence-corrected chi connectivity index (χ3v) is 2.94. The Balaban J connectivity index is 2.64. The number of hydrogen-bond donors (Lipinski definition) is 2. The van der Waals surface area contributed by atoms with E-state index in [-0.39, 0.29) is 12.8 Å². The van der Waals surface area contributed by atoms with E-state index in [1.165, 1.54) is 0 Å². The summed E-state index contributed by atoms with van der Waals surface area (Å²) in [4.78, 5) is 21.7. The third-order valence-electron chi connectivity index (χ3n) is 2.94. The van der Waals surface area contributed by atoms with Crippen molar-refractivity contribution >= 4 is 11.9 Å². The number of rotatable bonds is 3. The quantitative estimate of drug-likeness (QED) is 0.802. The molecule has 0 bridgehead atoms. The first kappa shape index (κ1) is 13.8. The van der Waals surface area contributed by atoms with E-state index in [0.717, 1.165) is 0 Å². The minimum atomic E-state index is -4.40. The van der Waals surface area contributed by atoms with E-state index in [4.69, 9.17) is 5.11 Å². The van der Waals surface area contributed by atoms with Gasteiger partial charge in [0.15, 0.2) is 0 Å². The van der Waals surface area contributed by atoms with Crippen LogP contribution in [0.5, 0.6) is 0 Å². The fourth-order valence-corrected chi connectivity index (χ4v) is 2.13. The molecule has 0 aromatic heterocycles. The summed E-state index contributed by atoms with van der Waals surface area (Å²) in [7, 11) is 0. The molecule has 7 heteroatoms. The Bertz CT molecular complexity index is 304. The number of hydrogen-bond acceptors (Lipinski definition) is 2. The lowest BCUT2D eigenvalue weighted by molar-refractivity contribution is -0.198. The molecule has 0 spiro atoms. The van der Waals surface area contributed by atoms with Crippen LogP contribution in [0.1, 0.15) is 25.7 Å². The molecular weight excluding hydrogens is 239 g/mol. The lowest BCUT2D eigenvalue weighted by atomic mass is 9.78. The zero-order valence-electron chi connectivity index (χ0n) is 9.09. The second-order valence-electron chi connectivity index (χ2n) is 4.15. The van der Waals surface area contributed by atoms with Gasteiger partial charge < -0.3 is 10.4 Å². The van der Waals surface area contributed by atoms with Crippen LogP contribution >= 0.6 is 0 Å². The van der Waals surface area contributed by atoms with Gasteiger partial charge in [-0.3, -0.25) is 9.59 Å². The lowest BCUT2D eigenvalue weighted by Gasteiger charge is -2.31. The first-order valence-electron chi connectivity index (χ1n) is 5.38. The second kappa shape index (κ2) is 5.37. The largest absolute Gasteiger partial charge is 0.480 e. The van der Waals surface area contributed by atoms with Gasteiger partial charge in [0.1, 0.15) is 6.54 Å². The van der Waals surface area contributed by atoms with Crippen molar-refractivity contribution < 1.29 is 27.9 Å². The number of carbonyl (C=O) groups excluding carboxylic acids is 1. The average Bonchev–Trinajstić information content (AvgIpc) is 2.24. The summed E-state index contributed by atoms with van der Waals surface area (Å²) in [6.07, 6.45) is -3.28. The lowest BCUT2D eigenvalue weighted by Crippen LogP contribution is -2.43. The molecule has 2 N–H and O–H groups in total. The van der Waals surface area contributed by atoms with Crippen LogP contribution in [0.4, 0.5) is 13.2 Å². The molecule has 0 saturated heterocycles. The van der Waals surface area contributed by atoms with Crippen molar-refractivity contribution in [3.05, 3.63) is 0 Å². The highest BCUT2D eigenvalue weighted by Crippen LogP contribution is 2.41. The minimum absolute atomic E-state index is 0.0609. The monoisotopic (exact) mass is 253 g/mol. The first-order chi connectivity index (χ1) is 7.82. The van der Waals surface area contributed by atoms with Gasteiger partial charge in [-0.2, -0.15) is 13.2 Å². The Hall–Kier alpha value is -1.27. The Kier molecular flexibility index (Phi) is 4.36. The maximum absolute atomic E-state index is 12.7. The smallest absolute Gasteiger partial charge is 0.392 e. The standard InChI is InChI=1S/C10H14F3NO3/c11-10(12,13)7-4-2-1-3-6(7)9(17)14-5-8(15)16/h6-7H,1-5H2,(H,14,17)(H,15,16). The van der Waals surface area contributed by atoms with Crippen molar-refractivity contribution in [2.75, 3.05) is 6.54 Å². The summed E-state index contributed by atoms with van der Waals surface area (Å²) in [6, 6.07) is 0. The van der Waals surface area contributed by atoms with Crippen LogP contribution < -0.4 is 5.32 Å². The minimum Gasteiger partial charge on any atom is -0.480 e. The summed E-state index contributed by atoms with van der Waals surface area (Å²) < 4.78 is 38.0. The van der Waals surface area contributed by atoms with Gasteiger partial charge in [-0.05, 0) is 12.8 Å². The molecule has 1 rings (SSSR count). The summed E-state index contributed by atoms with van der Waals surface area (Å²) >= 11 is 0. The molecule has 2 unspecified atom stereocenters. The molecule has 1 fully saturated rings. The molecule has 0 heterocycles. The van der Waals surface area contributed by atoms with Crippen LogP contribution in [-0.4, -0.2) is 29.7 Å². The highest BCUT2D eigenvalue weighted by atomic mass is 19.4. The maximum atomic E-state index is 12.7. The molecular formula is C10H14F3NO3. The van der Waals surface area contributed by atoms with E-state index in [2.05, 4.69) is 0 Å². The molecule has 2 atom stereocenters. The zero-order chi connectivity index (χ0) is 13.1. The van der Waals surface area contributed by atoms with Crippen LogP contribution in [0.2, 0.25) is 0 Å². The molecule has 0 aliphatic heterocycles. The second-order valence-corrected chi connectivity index (χ2v) is 4.15. The van der Waals surface area contributed by atoms with Crippen molar-refractivity contribution in [3.63, 3.8) is 0 Å². The molecule has 0 aromatic rings. The van der Waals surface area contributed by atoms with Gasteiger partial charge in [0.05, 0.1) is 5.92 Å². The van der Waals surface area contributed by atoms with E-state index in [1.54, 1.807) is 0 Å². The number of nitrogens with one attached hydrogen (secondary N) is 1. The van der Waals surface area contributed by atoms with E-state index in [1.807, 2.05) is 5.32 Å². The first-order valence-corrected chi connectivity index (χ1v) is 5.38. The van der Waals surface area contributed by atoms with E-state index >= 15 is 0 Å². The van der Waals surface area contributed by atoms with Crippen molar-refractivity contribution in [1.29, 1.82) is 0 Å². The van der Waals surface area contributed by atoms with Gasteiger partial charge in [0.2, 0.25) is 5.91 Å². The van der Waals surface area contributed by atoms with E-state index < -0.39 is 36.4 Å². The maximum Gasteiger partial charge on any atom is 0.392 e. The van der Waals surface area contributed by atoms with Crippen molar-refractivity contribution in [1.82, 2.24) is 5.32 Å². The van der Waals surface area contributed by atoms with E-state index in [0.29, 0.717) is 12.8 Å². The number of carboxylic acid groups (broad SMARTS) is 1. The van der Waals surface area contributed by atoms with Crippen LogP contribution in [0.15, 0.2) is 0 Å². The van der Waals surface area contributed by atoms with Gasteiger partial charge >= 0.3 is 12.1 Å². The van der Waals surface area contributed by atoms with E-state index in [9.17, 15) is 22.8 Å². The molecule has 1 aliphatic carbocycles. The third kappa shape index (κ3) is 3.90. The number of amides is 1. The number of carboxylic acids is 1. The predicted molar refractivity (Wildman–Crippen MR) is 52.1 cm³/mol. The van der Waals surface area contributed by atoms with Crippen LogP contribution in [0.3, 0.4) is 0 Å². The zero-order valence-corrected chi connectivity index (χ0v) is 9.09. The van der Waals surface area contributed by atoms with Gasteiger partial charge in [-0.15, -0.1) is 0 Å². The molecule has 0 aromatic carbocycles. The molecule has 4 nitrogen and oxygen atoms in total. The summed E-state index contributed by atoms with van der Waals surface area (Å²) in [5.74, 6) is -4.87. The Labute approximate surface area is 96.2 Å². The Morgan fingerprint density at radius 1 is 1.24 bits per heavy atom. The molecule has 1 amide bonds. The molecule has 98 valence electrons. The highest BCUT2D eigenvalue weighted by Gasteiger charge is 2.47. The highest BCUT2D eigenvalue weighted by molar-refractivity contribution is 5.83. The SMILES string of the molecule is O=C(O)CNC(=O)C1CCCCC1C(F)(F)F. The van der Waals surface area contributed by atoms with Gasteiger partial charge in [0.25, 0.3) is 0 Å². The Morgan fingerprint density at radius 2 is 1.82 bits per heavy atom. The van der Waals surface area contributed by atoms with Crippen molar-refractivity contribution in [3.8, 4) is 0 Å². The Morgan fingerprint density at radius 3 is 2.35 bits per heavy atom. The average molecular weight is 253 g/mol. The molecule has 1 aliphatic rings. The fourth-order valence-electron chi connectivity index (χ4n) is 2.13. The normalized spacial score (nSPS) is 25.4. The molecule has 17 heavy (non-hydrogen) atoms. The summed E-state index contributed by atoms with van der Waals surface area (Å²) in [5, 5.41) is 10.4. The van der Waals surface area contributed by atoms with Crippen LogP contribution in [0.25, 0.3) is 0 Å². The molecule has 1 saturated carbocycles. The summed E-state index contributed by atoms with van der Waals surface area (Å²) in [6.45, 7) is -0.639. The number of carbonyl (C=O) groups is 2. The fraction of sp³-hybridized carbons (Fsp3) is 0.800.